The molecule has 5 aliphatic heterocycles. The Balaban J connectivity index is 1.39. The summed E-state index contributed by atoms with van der Waals surface area (Å²) in [6, 6.07) is 0. The van der Waals surface area contributed by atoms with Gasteiger partial charge in [0, 0.05) is 14.2 Å². The quantitative estimate of drug-likeness (QED) is 0.0262. The maximum Gasteiger partial charge on any atom is 0.187 e. The number of hydrogen-bond acceptors (Lipinski definition) is 30. The maximum absolute atomic E-state index is 12.1. The van der Waals surface area contributed by atoms with Crippen LogP contribution in [0, 0.1) is 0 Å². The van der Waals surface area contributed by atoms with Crippen molar-refractivity contribution < 1.29 is 166 Å². The summed E-state index contributed by atoms with van der Waals surface area (Å²) in [6.07, 6.45) is -47.1. The summed E-state index contributed by atoms with van der Waals surface area (Å²) in [5.41, 5.74) is 0. The monoisotopic (exact) mass is 1320 g/mol. The number of aliphatic hydroxyl groups is 15. The predicted octanol–water partition coefficient (Wildman–Crippen LogP) is -10.3. The summed E-state index contributed by atoms with van der Waals surface area (Å²) in [5, 5.41) is 169. The average Bonchev–Trinajstić information content (AvgIpc) is 0.812. The fourth-order valence-corrected chi connectivity index (χ4v) is 11.4. The molecule has 0 amide bonds. The van der Waals surface area contributed by atoms with Crippen molar-refractivity contribution in [2.75, 3.05) is 184 Å². The van der Waals surface area contributed by atoms with E-state index in [1.54, 1.807) is 0 Å². The molecule has 34 heteroatoms. The van der Waals surface area contributed by atoms with Gasteiger partial charge in [0.15, 0.2) is 31.5 Å². The molecule has 0 aliphatic carbocycles. The van der Waals surface area contributed by atoms with Gasteiger partial charge in [-0.3, -0.25) is 0 Å². The second-order valence-corrected chi connectivity index (χ2v) is 28.3. The third-order valence-electron chi connectivity index (χ3n) is 15.4. The van der Waals surface area contributed by atoms with Gasteiger partial charge >= 0.3 is 0 Å². The summed E-state index contributed by atoms with van der Waals surface area (Å²) in [6.45, 7) is -2.08. The number of quaternary nitrogens is 4. The van der Waals surface area contributed by atoms with E-state index < -0.39 is 198 Å². The Morgan fingerprint density at radius 1 is 0.289 bits per heavy atom. The first-order valence-electron chi connectivity index (χ1n) is 30.4. The van der Waals surface area contributed by atoms with Gasteiger partial charge in [0.05, 0.1) is 144 Å². The fourth-order valence-electron chi connectivity index (χ4n) is 11.4. The van der Waals surface area contributed by atoms with Gasteiger partial charge in [0.1, 0.15) is 173 Å². The highest BCUT2D eigenvalue weighted by atomic mass is 16.8. The van der Waals surface area contributed by atoms with Gasteiger partial charge in [-0.25, -0.2) is 0 Å². The lowest BCUT2D eigenvalue weighted by Gasteiger charge is -2.49. The lowest BCUT2D eigenvalue weighted by molar-refractivity contribution is -0.873. The molecular weight excluding hydrogens is 1210 g/mol. The molecule has 0 spiro atoms. The van der Waals surface area contributed by atoms with Gasteiger partial charge in [-0.15, -0.1) is 0 Å². The normalized spacial score (nSPS) is 39.9. The van der Waals surface area contributed by atoms with Crippen LogP contribution in [-0.2, 0) is 71.1 Å². The van der Waals surface area contributed by atoms with Crippen molar-refractivity contribution in [1.82, 2.24) is 0 Å². The van der Waals surface area contributed by atoms with Crippen molar-refractivity contribution >= 4 is 0 Å². The van der Waals surface area contributed by atoms with Gasteiger partial charge in [-0.05, 0) is 0 Å². The minimum absolute atomic E-state index is 0.128. The zero-order valence-electron chi connectivity index (χ0n) is 54.6. The van der Waals surface area contributed by atoms with Gasteiger partial charge in [0.2, 0.25) is 0 Å². The average molecular weight is 1320 g/mol. The first-order chi connectivity index (χ1) is 41.7. The molecule has 90 heavy (non-hydrogen) atoms. The Kier molecular flexibility index (Phi) is 30.6. The van der Waals surface area contributed by atoms with E-state index in [9.17, 15) is 76.6 Å². The summed E-state index contributed by atoms with van der Waals surface area (Å²) in [5.74, 6) is 0. The summed E-state index contributed by atoms with van der Waals surface area (Å²) >= 11 is 0. The van der Waals surface area contributed by atoms with Crippen LogP contribution in [-0.4, -0.2) is 457 Å². The molecule has 5 saturated heterocycles. The van der Waals surface area contributed by atoms with Crippen LogP contribution in [0.4, 0.5) is 0 Å². The second kappa shape index (κ2) is 34.7. The van der Waals surface area contributed by atoms with Crippen LogP contribution in [0.5, 0.6) is 0 Å². The molecule has 0 aromatic rings. The number of methoxy groups -OCH3 is 2. The fraction of sp³-hybridized carbons (Fsp3) is 1.00. The molecule has 15 N–H and O–H groups in total. The van der Waals surface area contributed by atoms with Crippen LogP contribution >= 0.6 is 0 Å². The molecule has 0 aromatic heterocycles. The van der Waals surface area contributed by atoms with Gasteiger partial charge < -0.3 is 166 Å². The van der Waals surface area contributed by atoms with E-state index in [2.05, 4.69) is 0 Å². The van der Waals surface area contributed by atoms with Crippen molar-refractivity contribution in [3.05, 3.63) is 0 Å². The topological polar surface area (TPSA) is 442 Å². The van der Waals surface area contributed by atoms with E-state index in [0.29, 0.717) is 31.0 Å². The summed E-state index contributed by atoms with van der Waals surface area (Å²) < 4.78 is 90.3. The highest BCUT2D eigenvalue weighted by molar-refractivity contribution is 4.99. The standard InChI is InChI=1S/C56H112N4O30/c1-57(2,3)15-28(61)19-78-23-32-37(65)38(66)43(71)53(83-32)82-27-36-51(40(68)44(72)52(77-14)84-36)90-56-47(75)42(70)50(35(87-56)26-81-22-31(64)18-60(10,11)12)89-55-46(74)41(69)49(34(86-55)25-80-21-30(63)17-59(7,8)9)88-54-45(73)39(67)48(76-13)33(85-54)24-79-20-29(62)16-58(4,5)6/h28-56,61-75H,15-27H2,1-14H3/q+4/t28?,29?,30?,31?,32-,33?,34-,35?,36-,37-,38?,39+,40?,41?,42+,43?,44?,45?,46?,47?,48+,49+,50+,51+,52-,53-,54-,55+,56-/m0/s1. The zero-order chi connectivity index (χ0) is 67.5. The number of aliphatic hydroxyl groups excluding tert-OH is 15. The number of hydrogen-bond donors (Lipinski definition) is 15. The molecular formula is C56H112N4O30+4. The predicted molar refractivity (Wildman–Crippen MR) is 307 cm³/mol. The van der Waals surface area contributed by atoms with Crippen LogP contribution in [0.1, 0.15) is 0 Å². The SMILES string of the molecule is CO[C@H]1O[C@@H](CO[C@H]2O[C@@H](COCC(O)C[N+](C)(C)C)[C@H](O)C(O)C2O)[C@@H](O[C@@H]2OC(COCC(O)C[N+](C)(C)C)[C@@H](O[C@H]3O[C@@H](COCC(O)C[N+](C)(C)C)[C@@H](O[C@@H]4OC(COCC(O)C[N+](C)(C)C)[C@@H](OC)[C@H](O)C4O)C(O)C3O)[C@H](O)C2O)C(O)C1O. The van der Waals surface area contributed by atoms with Crippen LogP contribution in [0.2, 0.25) is 0 Å². The molecule has 0 bridgehead atoms. The zero-order valence-corrected chi connectivity index (χ0v) is 54.6. The molecule has 5 fully saturated rings. The van der Waals surface area contributed by atoms with Crippen molar-refractivity contribution in [2.24, 2.45) is 0 Å². The largest absolute Gasteiger partial charge is 0.387 e. The highest BCUT2D eigenvalue weighted by Gasteiger charge is 2.56. The molecule has 0 radical (unpaired) electrons. The maximum atomic E-state index is 12.1. The molecule has 5 aliphatic rings. The van der Waals surface area contributed by atoms with Crippen molar-refractivity contribution in [3.8, 4) is 0 Å². The second-order valence-electron chi connectivity index (χ2n) is 28.3. The van der Waals surface area contributed by atoms with E-state index in [-0.39, 0.29) is 52.7 Å². The molecule has 5 rings (SSSR count). The van der Waals surface area contributed by atoms with Crippen LogP contribution < -0.4 is 0 Å². The molecule has 0 saturated carbocycles. The van der Waals surface area contributed by atoms with E-state index in [1.807, 2.05) is 84.6 Å². The van der Waals surface area contributed by atoms with Gasteiger partial charge in [-0.1, -0.05) is 0 Å². The van der Waals surface area contributed by atoms with Crippen molar-refractivity contribution in [1.29, 1.82) is 0 Å². The smallest absolute Gasteiger partial charge is 0.187 e. The third kappa shape index (κ3) is 23.7. The van der Waals surface area contributed by atoms with Crippen LogP contribution in [0.3, 0.4) is 0 Å². The van der Waals surface area contributed by atoms with Crippen molar-refractivity contribution in [3.63, 3.8) is 0 Å². The van der Waals surface area contributed by atoms with Gasteiger partial charge in [0.25, 0.3) is 0 Å². The van der Waals surface area contributed by atoms with Crippen LogP contribution in [0.25, 0.3) is 0 Å². The number of nitrogens with zero attached hydrogens (tertiary/aromatic N) is 4. The molecule has 29 atom stereocenters. The lowest BCUT2D eigenvalue weighted by Crippen LogP contribution is -2.68. The number of likely N-dealkylation sites (N-methyl/N-ethyl adjacent to an activating group) is 4. The Morgan fingerprint density at radius 2 is 0.544 bits per heavy atom. The van der Waals surface area contributed by atoms with E-state index in [0.717, 1.165) is 0 Å². The number of ether oxygens (including phenoxy) is 15. The Bertz CT molecular complexity index is 2040. The summed E-state index contributed by atoms with van der Waals surface area (Å²) in [7, 11) is 24.8. The van der Waals surface area contributed by atoms with Crippen molar-refractivity contribution in [2.45, 2.75) is 178 Å². The summed E-state index contributed by atoms with van der Waals surface area (Å²) in [4.78, 5) is 0. The minimum Gasteiger partial charge on any atom is -0.387 e. The van der Waals surface area contributed by atoms with E-state index >= 15 is 0 Å². The minimum atomic E-state index is -2.14. The first kappa shape index (κ1) is 79.3. The third-order valence-corrected chi connectivity index (χ3v) is 15.4. The number of rotatable bonds is 35. The van der Waals surface area contributed by atoms with Crippen LogP contribution in [0.15, 0.2) is 0 Å². The molecule has 532 valence electrons. The van der Waals surface area contributed by atoms with E-state index in [1.165, 1.54) is 14.2 Å². The molecule has 34 nitrogen and oxygen atoms in total. The van der Waals surface area contributed by atoms with E-state index in [4.69, 9.17) is 71.1 Å². The highest BCUT2D eigenvalue weighted by Crippen LogP contribution is 2.36. The Morgan fingerprint density at radius 3 is 0.856 bits per heavy atom. The Hall–Kier alpha value is -1.36. The Labute approximate surface area is 526 Å². The lowest BCUT2D eigenvalue weighted by atomic mass is 9.95. The molecule has 0 aromatic carbocycles. The van der Waals surface area contributed by atoms with Gasteiger partial charge in [-0.2, -0.15) is 0 Å². The molecule has 14 unspecified atom stereocenters. The first-order valence-corrected chi connectivity index (χ1v) is 30.4. The molecule has 5 heterocycles.